The zero-order chi connectivity index (χ0) is 13.7. The molecular weight excluding hydrogens is 282 g/mol. The second kappa shape index (κ2) is 6.81. The molecule has 1 saturated heterocycles. The van der Waals surface area contributed by atoms with Crippen LogP contribution in [0.1, 0.15) is 11.1 Å². The second-order valence-electron chi connectivity index (χ2n) is 3.85. The summed E-state index contributed by atoms with van der Waals surface area (Å²) in [5.74, 6) is -0.137. The Kier molecular flexibility index (Phi) is 5.09. The molecule has 0 unspecified atom stereocenters. The fourth-order valence-electron chi connectivity index (χ4n) is 1.53. The number of benzene rings is 1. The second-order valence-corrected chi connectivity index (χ2v) is 5.57. The number of methoxy groups -OCH3 is 1. The maximum atomic E-state index is 11.5. The number of rotatable bonds is 5. The number of thioether (sulfide) groups is 1. The lowest BCUT2D eigenvalue weighted by molar-refractivity contribution is -0.115. The van der Waals surface area contributed by atoms with Gasteiger partial charge < -0.3 is 14.8 Å². The first-order valence-corrected chi connectivity index (χ1v) is 6.82. The van der Waals surface area contributed by atoms with Gasteiger partial charge >= 0.3 is 0 Å². The minimum Gasteiger partial charge on any atom is -0.359 e. The number of carbonyl (C=O) groups is 1. The standard InChI is InChI=1S/C13H13NO3S2/c1-16-8-17-7-10-4-2-9(3-5-10)6-11-12(15)14-13(18)19-11/h2-6H,7-8H2,1H3,(H,14,15,18). The zero-order valence-electron chi connectivity index (χ0n) is 10.3. The molecule has 0 aliphatic carbocycles. The lowest BCUT2D eigenvalue weighted by Crippen LogP contribution is -2.17. The van der Waals surface area contributed by atoms with Gasteiger partial charge in [-0.15, -0.1) is 0 Å². The maximum Gasteiger partial charge on any atom is 0.263 e. The van der Waals surface area contributed by atoms with E-state index in [0.717, 1.165) is 11.1 Å². The predicted molar refractivity (Wildman–Crippen MR) is 79.4 cm³/mol. The maximum absolute atomic E-state index is 11.5. The highest BCUT2D eigenvalue weighted by Crippen LogP contribution is 2.25. The fourth-order valence-corrected chi connectivity index (χ4v) is 2.57. The molecule has 0 spiro atoms. The molecule has 19 heavy (non-hydrogen) atoms. The highest BCUT2D eigenvalue weighted by Gasteiger charge is 2.21. The summed E-state index contributed by atoms with van der Waals surface area (Å²) >= 11 is 6.21. The molecule has 0 aromatic heterocycles. The van der Waals surface area contributed by atoms with Gasteiger partial charge in [-0.05, 0) is 17.2 Å². The Morgan fingerprint density at radius 3 is 2.68 bits per heavy atom. The number of carbonyl (C=O) groups excluding carboxylic acids is 1. The number of amides is 1. The van der Waals surface area contributed by atoms with Gasteiger partial charge in [-0.1, -0.05) is 48.2 Å². The Labute approximate surface area is 121 Å². The molecule has 1 aromatic carbocycles. The van der Waals surface area contributed by atoms with E-state index in [4.69, 9.17) is 21.7 Å². The Morgan fingerprint density at radius 1 is 1.37 bits per heavy atom. The quantitative estimate of drug-likeness (QED) is 0.391. The third-order valence-corrected chi connectivity index (χ3v) is 3.55. The molecule has 6 heteroatoms. The van der Waals surface area contributed by atoms with E-state index < -0.39 is 0 Å². The minimum atomic E-state index is -0.137. The average molecular weight is 295 g/mol. The van der Waals surface area contributed by atoms with E-state index in [-0.39, 0.29) is 12.7 Å². The molecule has 1 aromatic rings. The van der Waals surface area contributed by atoms with Gasteiger partial charge in [0.1, 0.15) is 11.1 Å². The first-order chi connectivity index (χ1) is 9.19. The van der Waals surface area contributed by atoms with Crippen molar-refractivity contribution in [2.24, 2.45) is 0 Å². The van der Waals surface area contributed by atoms with Crippen molar-refractivity contribution in [2.45, 2.75) is 6.61 Å². The summed E-state index contributed by atoms with van der Waals surface area (Å²) in [6.07, 6.45) is 1.82. The molecule has 2 rings (SSSR count). The molecule has 1 heterocycles. The Bertz CT molecular complexity index is 511. The molecule has 1 amide bonds. The third kappa shape index (κ3) is 4.14. The fraction of sp³-hybridized carbons (Fsp3) is 0.231. The van der Waals surface area contributed by atoms with E-state index in [9.17, 15) is 4.79 Å². The van der Waals surface area contributed by atoms with E-state index in [1.165, 1.54) is 11.8 Å². The van der Waals surface area contributed by atoms with Crippen LogP contribution in [0.2, 0.25) is 0 Å². The van der Waals surface area contributed by atoms with Crippen molar-refractivity contribution in [2.75, 3.05) is 13.9 Å². The molecule has 100 valence electrons. The molecule has 0 atom stereocenters. The van der Waals surface area contributed by atoms with Crippen LogP contribution < -0.4 is 5.32 Å². The number of ether oxygens (including phenoxy) is 2. The summed E-state index contributed by atoms with van der Waals surface area (Å²) in [6, 6.07) is 7.79. The molecule has 1 fully saturated rings. The van der Waals surface area contributed by atoms with E-state index in [2.05, 4.69) is 5.32 Å². The highest BCUT2D eigenvalue weighted by atomic mass is 32.2. The van der Waals surface area contributed by atoms with E-state index >= 15 is 0 Å². The molecule has 0 bridgehead atoms. The summed E-state index contributed by atoms with van der Waals surface area (Å²) < 4.78 is 10.6. The van der Waals surface area contributed by atoms with Crippen molar-refractivity contribution >= 4 is 40.3 Å². The van der Waals surface area contributed by atoms with Gasteiger partial charge in [0.05, 0.1) is 11.5 Å². The lowest BCUT2D eigenvalue weighted by Gasteiger charge is -2.03. The Hall–Kier alpha value is -1.21. The van der Waals surface area contributed by atoms with Crippen LogP contribution in [0.4, 0.5) is 0 Å². The van der Waals surface area contributed by atoms with Crippen molar-refractivity contribution in [3.05, 3.63) is 40.3 Å². The summed E-state index contributed by atoms with van der Waals surface area (Å²) in [5, 5.41) is 2.59. The molecule has 1 N–H and O–H groups in total. The van der Waals surface area contributed by atoms with Crippen LogP contribution in [-0.2, 0) is 20.9 Å². The van der Waals surface area contributed by atoms with Crippen molar-refractivity contribution < 1.29 is 14.3 Å². The molecule has 0 saturated carbocycles. The third-order valence-electron chi connectivity index (χ3n) is 2.39. The van der Waals surface area contributed by atoms with Crippen molar-refractivity contribution in [3.8, 4) is 0 Å². The van der Waals surface area contributed by atoms with E-state index in [1.807, 2.05) is 30.3 Å². The summed E-state index contributed by atoms with van der Waals surface area (Å²) in [5.41, 5.74) is 2.01. The largest absolute Gasteiger partial charge is 0.359 e. The molecular formula is C13H13NO3S2. The molecule has 1 aliphatic rings. The summed E-state index contributed by atoms with van der Waals surface area (Å²) in [4.78, 5) is 12.1. The number of nitrogens with one attached hydrogen (secondary N) is 1. The van der Waals surface area contributed by atoms with Crippen LogP contribution in [0.25, 0.3) is 6.08 Å². The van der Waals surface area contributed by atoms with Crippen LogP contribution in [-0.4, -0.2) is 24.1 Å². The van der Waals surface area contributed by atoms with Gasteiger partial charge in [0.2, 0.25) is 0 Å². The van der Waals surface area contributed by atoms with Gasteiger partial charge in [0, 0.05) is 7.11 Å². The van der Waals surface area contributed by atoms with Crippen LogP contribution in [0.5, 0.6) is 0 Å². The van der Waals surface area contributed by atoms with Gasteiger partial charge in [-0.25, -0.2) is 0 Å². The first-order valence-electron chi connectivity index (χ1n) is 5.59. The topological polar surface area (TPSA) is 47.6 Å². The van der Waals surface area contributed by atoms with Crippen LogP contribution >= 0.6 is 24.0 Å². The highest BCUT2D eigenvalue weighted by molar-refractivity contribution is 8.26. The molecule has 4 nitrogen and oxygen atoms in total. The first kappa shape index (κ1) is 14.2. The van der Waals surface area contributed by atoms with Crippen LogP contribution in [0.15, 0.2) is 29.2 Å². The van der Waals surface area contributed by atoms with Crippen molar-refractivity contribution in [1.29, 1.82) is 0 Å². The predicted octanol–water partition coefficient (Wildman–Crippen LogP) is 2.30. The number of hydrogen-bond acceptors (Lipinski definition) is 5. The van der Waals surface area contributed by atoms with Crippen LogP contribution in [0.3, 0.4) is 0 Å². The van der Waals surface area contributed by atoms with E-state index in [1.54, 1.807) is 7.11 Å². The van der Waals surface area contributed by atoms with Gasteiger partial charge in [-0.3, -0.25) is 4.79 Å². The minimum absolute atomic E-state index is 0.137. The smallest absolute Gasteiger partial charge is 0.263 e. The molecule has 0 radical (unpaired) electrons. The van der Waals surface area contributed by atoms with E-state index in [0.29, 0.717) is 15.8 Å². The lowest BCUT2D eigenvalue weighted by atomic mass is 10.1. The average Bonchev–Trinajstić information content (AvgIpc) is 2.70. The molecule has 1 aliphatic heterocycles. The summed E-state index contributed by atoms with van der Waals surface area (Å²) in [6.45, 7) is 0.782. The number of thiocarbonyl (C=S) groups is 1. The van der Waals surface area contributed by atoms with Gasteiger partial charge in [-0.2, -0.15) is 0 Å². The van der Waals surface area contributed by atoms with Crippen molar-refractivity contribution in [1.82, 2.24) is 5.32 Å². The van der Waals surface area contributed by atoms with Crippen LogP contribution in [0, 0.1) is 0 Å². The number of hydrogen-bond donors (Lipinski definition) is 1. The van der Waals surface area contributed by atoms with Crippen molar-refractivity contribution in [3.63, 3.8) is 0 Å². The monoisotopic (exact) mass is 295 g/mol. The Balaban J connectivity index is 2.00. The van der Waals surface area contributed by atoms with Gasteiger partial charge in [0.15, 0.2) is 0 Å². The Morgan fingerprint density at radius 2 is 2.11 bits per heavy atom. The normalized spacial score (nSPS) is 17.0. The zero-order valence-corrected chi connectivity index (χ0v) is 12.0. The SMILES string of the molecule is COCOCc1ccc(C=C2SC(=S)NC2=O)cc1. The van der Waals surface area contributed by atoms with Gasteiger partial charge in [0.25, 0.3) is 5.91 Å². The summed E-state index contributed by atoms with van der Waals surface area (Å²) in [7, 11) is 1.59.